The summed E-state index contributed by atoms with van der Waals surface area (Å²) >= 11 is 6.09. The minimum absolute atomic E-state index is 0.201. The number of nitrogens with zero attached hydrogens (tertiary/aromatic N) is 1. The first-order valence-electron chi connectivity index (χ1n) is 7.31. The van der Waals surface area contributed by atoms with Crippen LogP contribution in [0.1, 0.15) is 17.0 Å². The Morgan fingerprint density at radius 1 is 1.23 bits per heavy atom. The lowest BCUT2D eigenvalue weighted by Gasteiger charge is -2.14. The zero-order valence-electron chi connectivity index (χ0n) is 12.5. The molecule has 114 valence electrons. The van der Waals surface area contributed by atoms with Crippen LogP contribution in [0.25, 0.3) is 10.9 Å². The van der Waals surface area contributed by atoms with E-state index in [9.17, 15) is 5.11 Å². The lowest BCUT2D eigenvalue weighted by Crippen LogP contribution is -2.14. The zero-order chi connectivity index (χ0) is 15.7. The van der Waals surface area contributed by atoms with Gasteiger partial charge in [0.1, 0.15) is 5.75 Å². The van der Waals surface area contributed by atoms with Gasteiger partial charge in [0.25, 0.3) is 0 Å². The van der Waals surface area contributed by atoms with Crippen LogP contribution >= 0.6 is 11.6 Å². The van der Waals surface area contributed by atoms with Crippen LogP contribution in [0.3, 0.4) is 0 Å². The van der Waals surface area contributed by atoms with E-state index in [0.29, 0.717) is 6.54 Å². The summed E-state index contributed by atoms with van der Waals surface area (Å²) in [4.78, 5) is 0. The second-order valence-electron chi connectivity index (χ2n) is 5.66. The molecule has 0 saturated heterocycles. The zero-order valence-corrected chi connectivity index (χ0v) is 13.2. The third-order valence-electron chi connectivity index (χ3n) is 4.10. The Kier molecular flexibility index (Phi) is 4.10. The molecule has 0 spiro atoms. The molecule has 0 bridgehead atoms. The lowest BCUT2D eigenvalue weighted by molar-refractivity contribution is 0.474. The van der Waals surface area contributed by atoms with E-state index in [2.05, 4.69) is 16.8 Å². The normalized spacial score (nSPS) is 12.7. The van der Waals surface area contributed by atoms with Gasteiger partial charge in [0.2, 0.25) is 0 Å². The number of halogens is 1. The van der Waals surface area contributed by atoms with Crippen molar-refractivity contribution >= 4 is 22.5 Å². The molecule has 3 nitrogen and oxygen atoms in total. The van der Waals surface area contributed by atoms with E-state index in [0.717, 1.165) is 22.5 Å². The average molecular weight is 315 g/mol. The molecule has 22 heavy (non-hydrogen) atoms. The molecular formula is C18H19ClN2O. The van der Waals surface area contributed by atoms with Gasteiger partial charge >= 0.3 is 0 Å². The minimum atomic E-state index is 0.201. The number of rotatable bonds is 4. The van der Waals surface area contributed by atoms with Crippen molar-refractivity contribution in [2.75, 3.05) is 6.54 Å². The highest BCUT2D eigenvalue weighted by atomic mass is 35.5. The summed E-state index contributed by atoms with van der Waals surface area (Å²) in [7, 11) is 2.02. The summed E-state index contributed by atoms with van der Waals surface area (Å²) < 4.78 is 2.08. The van der Waals surface area contributed by atoms with Crippen molar-refractivity contribution in [2.24, 2.45) is 12.8 Å². The second kappa shape index (κ2) is 6.03. The van der Waals surface area contributed by atoms with E-state index in [1.807, 2.05) is 31.3 Å². The van der Waals surface area contributed by atoms with Gasteiger partial charge < -0.3 is 15.4 Å². The van der Waals surface area contributed by atoms with Gasteiger partial charge in [-0.05, 0) is 48.4 Å². The number of fused-ring (bicyclic) bond motifs is 1. The molecule has 0 saturated carbocycles. The minimum Gasteiger partial charge on any atom is -0.508 e. The summed E-state index contributed by atoms with van der Waals surface area (Å²) in [5.74, 6) is 0.490. The third kappa shape index (κ3) is 2.82. The van der Waals surface area contributed by atoms with Gasteiger partial charge in [-0.3, -0.25) is 0 Å². The Morgan fingerprint density at radius 2 is 2.05 bits per heavy atom. The van der Waals surface area contributed by atoms with Crippen LogP contribution in [0, 0.1) is 0 Å². The number of aromatic hydroxyl groups is 1. The maximum Gasteiger partial charge on any atom is 0.115 e. The summed E-state index contributed by atoms with van der Waals surface area (Å²) in [5, 5.41) is 11.5. The highest BCUT2D eigenvalue weighted by molar-refractivity contribution is 6.31. The Morgan fingerprint density at radius 3 is 2.77 bits per heavy atom. The number of aryl methyl sites for hydroxylation is 1. The first-order chi connectivity index (χ1) is 10.6. The molecule has 0 radical (unpaired) electrons. The fourth-order valence-corrected chi connectivity index (χ4v) is 3.17. The average Bonchev–Trinajstić information content (AvgIpc) is 2.81. The molecule has 0 aliphatic rings. The van der Waals surface area contributed by atoms with Gasteiger partial charge in [-0.25, -0.2) is 0 Å². The van der Waals surface area contributed by atoms with Crippen LogP contribution in [-0.4, -0.2) is 16.2 Å². The van der Waals surface area contributed by atoms with Gasteiger partial charge in [-0.1, -0.05) is 29.8 Å². The third-order valence-corrected chi connectivity index (χ3v) is 4.34. The standard InChI is InChI=1S/C18H19ClN2O/c1-21-11-17(16-6-5-14(19)9-18(16)21)13(10-20)7-12-3-2-4-15(22)8-12/h2-6,8-9,11,13,22H,7,10,20H2,1H3. The van der Waals surface area contributed by atoms with Gasteiger partial charge in [-0.2, -0.15) is 0 Å². The fraction of sp³-hybridized carbons (Fsp3) is 0.222. The quantitative estimate of drug-likeness (QED) is 0.769. The molecule has 3 N–H and O–H groups in total. The summed E-state index contributed by atoms with van der Waals surface area (Å²) in [6, 6.07) is 13.3. The molecule has 1 atom stereocenters. The van der Waals surface area contributed by atoms with Crippen molar-refractivity contribution in [3.63, 3.8) is 0 Å². The SMILES string of the molecule is Cn1cc(C(CN)Cc2cccc(O)c2)c2ccc(Cl)cc21. The molecule has 1 unspecified atom stereocenters. The van der Waals surface area contributed by atoms with Crippen LogP contribution in [0.15, 0.2) is 48.7 Å². The van der Waals surface area contributed by atoms with Crippen molar-refractivity contribution in [3.05, 3.63) is 64.8 Å². The molecule has 0 amide bonds. The van der Waals surface area contributed by atoms with E-state index < -0.39 is 0 Å². The molecule has 0 aliphatic carbocycles. The molecule has 1 aromatic heterocycles. The van der Waals surface area contributed by atoms with Crippen molar-refractivity contribution in [1.29, 1.82) is 0 Å². The molecule has 0 fully saturated rings. The number of hydrogen-bond donors (Lipinski definition) is 2. The Balaban J connectivity index is 2.00. The topological polar surface area (TPSA) is 51.2 Å². The van der Waals surface area contributed by atoms with Gasteiger partial charge in [0.15, 0.2) is 0 Å². The van der Waals surface area contributed by atoms with Gasteiger partial charge in [-0.15, -0.1) is 0 Å². The first kappa shape index (κ1) is 14.9. The van der Waals surface area contributed by atoms with E-state index in [-0.39, 0.29) is 11.7 Å². The Bertz CT molecular complexity index is 810. The molecule has 2 aromatic carbocycles. The van der Waals surface area contributed by atoms with Crippen molar-refractivity contribution in [2.45, 2.75) is 12.3 Å². The van der Waals surface area contributed by atoms with E-state index in [1.165, 1.54) is 10.9 Å². The van der Waals surface area contributed by atoms with Crippen LogP contribution in [-0.2, 0) is 13.5 Å². The maximum atomic E-state index is 9.63. The molecule has 3 rings (SSSR count). The highest BCUT2D eigenvalue weighted by Crippen LogP contribution is 2.31. The largest absolute Gasteiger partial charge is 0.508 e. The van der Waals surface area contributed by atoms with Crippen molar-refractivity contribution in [1.82, 2.24) is 4.57 Å². The van der Waals surface area contributed by atoms with E-state index in [1.54, 1.807) is 12.1 Å². The predicted octanol–water partition coefficient (Wildman–Crippen LogP) is 3.82. The number of nitrogens with two attached hydrogens (primary N) is 1. The number of phenols is 1. The smallest absolute Gasteiger partial charge is 0.115 e. The lowest BCUT2D eigenvalue weighted by atomic mass is 9.91. The molecule has 4 heteroatoms. The Labute approximate surface area is 134 Å². The van der Waals surface area contributed by atoms with Crippen LogP contribution in [0.5, 0.6) is 5.75 Å². The number of aromatic nitrogens is 1. The molecular weight excluding hydrogens is 296 g/mol. The van der Waals surface area contributed by atoms with Crippen molar-refractivity contribution in [3.8, 4) is 5.75 Å². The molecule has 3 aromatic rings. The van der Waals surface area contributed by atoms with Crippen LogP contribution in [0.2, 0.25) is 5.02 Å². The van der Waals surface area contributed by atoms with E-state index in [4.69, 9.17) is 17.3 Å². The summed E-state index contributed by atoms with van der Waals surface area (Å²) in [5.41, 5.74) is 9.44. The second-order valence-corrected chi connectivity index (χ2v) is 6.10. The Hall–Kier alpha value is -1.97. The van der Waals surface area contributed by atoms with Gasteiger partial charge in [0, 0.05) is 35.1 Å². The number of benzene rings is 2. The summed E-state index contributed by atoms with van der Waals surface area (Å²) in [6.07, 6.45) is 2.92. The van der Waals surface area contributed by atoms with Crippen LogP contribution < -0.4 is 5.73 Å². The predicted molar refractivity (Wildman–Crippen MR) is 91.5 cm³/mol. The highest BCUT2D eigenvalue weighted by Gasteiger charge is 2.17. The number of hydrogen-bond acceptors (Lipinski definition) is 2. The van der Waals surface area contributed by atoms with Gasteiger partial charge in [0.05, 0.1) is 0 Å². The monoisotopic (exact) mass is 314 g/mol. The van der Waals surface area contributed by atoms with Crippen LogP contribution in [0.4, 0.5) is 0 Å². The maximum absolute atomic E-state index is 9.63. The van der Waals surface area contributed by atoms with E-state index >= 15 is 0 Å². The summed E-state index contributed by atoms with van der Waals surface area (Å²) in [6.45, 7) is 0.553. The van der Waals surface area contributed by atoms with Crippen molar-refractivity contribution < 1.29 is 5.11 Å². The molecule has 0 aliphatic heterocycles. The molecule has 1 heterocycles. The first-order valence-corrected chi connectivity index (χ1v) is 7.68. The fourth-order valence-electron chi connectivity index (χ4n) is 3.00. The number of phenolic OH excluding ortho intramolecular Hbond substituents is 1.